The molecule has 0 spiro atoms. The Labute approximate surface area is 261 Å². The van der Waals surface area contributed by atoms with Crippen molar-refractivity contribution >= 4 is 32.6 Å². The molecule has 0 fully saturated rings. The Kier molecular flexibility index (Phi) is 5.85. The summed E-state index contributed by atoms with van der Waals surface area (Å²) in [5.74, 6) is 0. The third kappa shape index (κ3) is 4.30. The van der Waals surface area contributed by atoms with Crippen LogP contribution in [0.15, 0.2) is 170 Å². The maximum absolute atomic E-state index is 4.90. The third-order valence-electron chi connectivity index (χ3n) is 8.97. The molecular formula is C43H28N2. The maximum Gasteiger partial charge on any atom is 0.0709 e. The molecule has 7 aromatic carbocycles. The highest BCUT2D eigenvalue weighted by Crippen LogP contribution is 2.40. The normalized spacial score (nSPS) is 11.6. The van der Waals surface area contributed by atoms with Gasteiger partial charge in [0.1, 0.15) is 0 Å². The Bertz CT molecular complexity index is 2300. The molecule has 0 saturated carbocycles. The van der Waals surface area contributed by atoms with Crippen molar-refractivity contribution in [3.63, 3.8) is 0 Å². The van der Waals surface area contributed by atoms with Gasteiger partial charge in [-0.25, -0.2) is 0 Å². The summed E-state index contributed by atoms with van der Waals surface area (Å²) in [7, 11) is 0. The van der Waals surface area contributed by atoms with Gasteiger partial charge in [-0.15, -0.1) is 0 Å². The minimum atomic E-state index is 0.951. The summed E-state index contributed by atoms with van der Waals surface area (Å²) >= 11 is 0. The van der Waals surface area contributed by atoms with Crippen molar-refractivity contribution < 1.29 is 0 Å². The van der Waals surface area contributed by atoms with E-state index in [4.69, 9.17) is 4.98 Å². The molecule has 0 aliphatic heterocycles. The summed E-state index contributed by atoms with van der Waals surface area (Å²) in [5, 5.41) is 5.15. The zero-order chi connectivity index (χ0) is 29.7. The molecule has 0 bridgehead atoms. The van der Waals surface area contributed by atoms with Crippen LogP contribution in [0.3, 0.4) is 0 Å². The smallest absolute Gasteiger partial charge is 0.0709 e. The van der Waals surface area contributed by atoms with Crippen molar-refractivity contribution in [1.82, 2.24) is 9.55 Å². The van der Waals surface area contributed by atoms with Crippen LogP contribution < -0.4 is 0 Å². The molecular weight excluding hydrogens is 544 g/mol. The van der Waals surface area contributed by atoms with Crippen molar-refractivity contribution in [3.05, 3.63) is 170 Å². The zero-order valence-electron chi connectivity index (χ0n) is 24.6. The Morgan fingerprint density at radius 3 is 1.51 bits per heavy atom. The number of hydrogen-bond donors (Lipinski definition) is 0. The number of pyridine rings is 1. The Morgan fingerprint density at radius 1 is 0.356 bits per heavy atom. The molecule has 9 rings (SSSR count). The van der Waals surface area contributed by atoms with Gasteiger partial charge in [0, 0.05) is 28.2 Å². The van der Waals surface area contributed by atoms with Gasteiger partial charge in [-0.05, 0) is 92.7 Å². The standard InChI is InChI=1S/C43H28N2/c1-3-10-29(11-4-1)33-16-7-17-34(24-33)36-25-37(39-28-35(22-23-44-39)30-12-5-2-6-13-30)27-38(26-36)45-40-18-8-14-31-20-21-32-15-9-19-41(45)43(32)42(31)40/h1-28H. The molecule has 45 heavy (non-hydrogen) atoms. The first-order chi connectivity index (χ1) is 22.3. The first-order valence-electron chi connectivity index (χ1n) is 15.4. The molecule has 9 aromatic rings. The van der Waals surface area contributed by atoms with Gasteiger partial charge in [-0.1, -0.05) is 115 Å². The van der Waals surface area contributed by atoms with E-state index in [9.17, 15) is 0 Å². The van der Waals surface area contributed by atoms with Gasteiger partial charge in [0.15, 0.2) is 0 Å². The summed E-state index contributed by atoms with van der Waals surface area (Å²) in [6.07, 6.45) is 1.92. The minimum Gasteiger partial charge on any atom is -0.309 e. The van der Waals surface area contributed by atoms with Gasteiger partial charge in [-0.3, -0.25) is 4.98 Å². The molecule has 0 aliphatic carbocycles. The van der Waals surface area contributed by atoms with Crippen LogP contribution >= 0.6 is 0 Å². The fourth-order valence-corrected chi connectivity index (χ4v) is 6.86. The molecule has 0 N–H and O–H groups in total. The molecule has 0 aliphatic rings. The van der Waals surface area contributed by atoms with E-state index in [0.717, 1.165) is 28.1 Å². The van der Waals surface area contributed by atoms with E-state index >= 15 is 0 Å². The molecule has 2 nitrogen and oxygen atoms in total. The first kappa shape index (κ1) is 25.5. The van der Waals surface area contributed by atoms with Crippen LogP contribution in [0, 0.1) is 0 Å². The topological polar surface area (TPSA) is 17.8 Å². The second kappa shape index (κ2) is 10.3. The number of aromatic nitrogens is 2. The summed E-state index contributed by atoms with van der Waals surface area (Å²) in [6.45, 7) is 0. The quantitative estimate of drug-likeness (QED) is 0.188. The number of benzene rings is 7. The Balaban J connectivity index is 1.31. The van der Waals surface area contributed by atoms with Crippen LogP contribution in [0.5, 0.6) is 0 Å². The summed E-state index contributed by atoms with van der Waals surface area (Å²) < 4.78 is 2.43. The molecule has 0 radical (unpaired) electrons. The fourth-order valence-electron chi connectivity index (χ4n) is 6.86. The number of hydrogen-bond acceptors (Lipinski definition) is 1. The highest BCUT2D eigenvalue weighted by molar-refractivity contribution is 6.24. The van der Waals surface area contributed by atoms with Crippen LogP contribution in [0.2, 0.25) is 0 Å². The van der Waals surface area contributed by atoms with E-state index < -0.39 is 0 Å². The predicted molar refractivity (Wildman–Crippen MR) is 189 cm³/mol. The second-order valence-corrected chi connectivity index (χ2v) is 11.7. The lowest BCUT2D eigenvalue weighted by Crippen LogP contribution is -1.96. The van der Waals surface area contributed by atoms with E-state index in [-0.39, 0.29) is 0 Å². The predicted octanol–water partition coefficient (Wildman–Crippen LogP) is 11.4. The lowest BCUT2D eigenvalue weighted by molar-refractivity contribution is 1.18. The Morgan fingerprint density at radius 2 is 0.867 bits per heavy atom. The van der Waals surface area contributed by atoms with E-state index in [2.05, 4.69) is 168 Å². The van der Waals surface area contributed by atoms with Crippen molar-refractivity contribution in [2.75, 3.05) is 0 Å². The maximum atomic E-state index is 4.90. The molecule has 2 heteroatoms. The van der Waals surface area contributed by atoms with Crippen molar-refractivity contribution in [1.29, 1.82) is 0 Å². The van der Waals surface area contributed by atoms with Gasteiger partial charge in [0.05, 0.1) is 16.7 Å². The molecule has 0 atom stereocenters. The van der Waals surface area contributed by atoms with E-state index in [1.165, 1.54) is 54.8 Å². The van der Waals surface area contributed by atoms with Gasteiger partial charge in [-0.2, -0.15) is 0 Å². The average molecular weight is 573 g/mol. The largest absolute Gasteiger partial charge is 0.309 e. The van der Waals surface area contributed by atoms with Crippen molar-refractivity contribution in [2.45, 2.75) is 0 Å². The van der Waals surface area contributed by atoms with Gasteiger partial charge < -0.3 is 4.57 Å². The van der Waals surface area contributed by atoms with E-state index in [0.29, 0.717) is 0 Å². The fraction of sp³-hybridized carbons (Fsp3) is 0. The summed E-state index contributed by atoms with van der Waals surface area (Å²) in [6, 6.07) is 58.9. The summed E-state index contributed by atoms with van der Waals surface area (Å²) in [4.78, 5) is 4.90. The Hall–Kier alpha value is -5.99. The highest BCUT2D eigenvalue weighted by atomic mass is 15.0. The van der Waals surface area contributed by atoms with Gasteiger partial charge >= 0.3 is 0 Å². The minimum absolute atomic E-state index is 0.951. The van der Waals surface area contributed by atoms with E-state index in [1.807, 2.05) is 6.20 Å². The molecule has 0 amide bonds. The highest BCUT2D eigenvalue weighted by Gasteiger charge is 2.18. The van der Waals surface area contributed by atoms with Crippen LogP contribution in [-0.4, -0.2) is 9.55 Å². The van der Waals surface area contributed by atoms with Crippen LogP contribution in [0.25, 0.3) is 82.9 Å². The third-order valence-corrected chi connectivity index (χ3v) is 8.97. The lowest BCUT2D eigenvalue weighted by atomic mass is 9.96. The second-order valence-electron chi connectivity index (χ2n) is 11.7. The molecule has 2 heterocycles. The average Bonchev–Trinajstić information content (AvgIpc) is 3.47. The lowest BCUT2D eigenvalue weighted by Gasteiger charge is -2.15. The van der Waals surface area contributed by atoms with Crippen LogP contribution in [0.4, 0.5) is 0 Å². The van der Waals surface area contributed by atoms with Crippen LogP contribution in [-0.2, 0) is 0 Å². The van der Waals surface area contributed by atoms with Crippen LogP contribution in [0.1, 0.15) is 0 Å². The van der Waals surface area contributed by atoms with Gasteiger partial charge in [0.25, 0.3) is 0 Å². The van der Waals surface area contributed by atoms with E-state index in [1.54, 1.807) is 0 Å². The molecule has 210 valence electrons. The number of rotatable bonds is 5. The van der Waals surface area contributed by atoms with Crippen molar-refractivity contribution in [3.8, 4) is 50.3 Å². The van der Waals surface area contributed by atoms with Crippen molar-refractivity contribution in [2.24, 2.45) is 0 Å². The monoisotopic (exact) mass is 572 g/mol. The molecule has 2 aromatic heterocycles. The SMILES string of the molecule is c1ccc(-c2cccc(-c3cc(-c4cc(-c5ccccc5)ccn4)cc(-n4c5cccc6ccc7cccc4c7c65)c3)c2)cc1. The number of nitrogens with zero attached hydrogens (tertiary/aromatic N) is 2. The summed E-state index contributed by atoms with van der Waals surface area (Å²) in [5.41, 5.74) is 12.7. The van der Waals surface area contributed by atoms with Gasteiger partial charge in [0.2, 0.25) is 0 Å². The first-order valence-corrected chi connectivity index (χ1v) is 15.4. The molecule has 0 unspecified atom stereocenters. The zero-order valence-corrected chi connectivity index (χ0v) is 24.6. The molecule has 0 saturated heterocycles.